The van der Waals surface area contributed by atoms with Gasteiger partial charge in [0, 0.05) is 11.4 Å². The number of rotatable bonds is 3. The highest BCUT2D eigenvalue weighted by Crippen LogP contribution is 2.28. The number of hydrogen-bond donors (Lipinski definition) is 0. The molecule has 0 N–H and O–H groups in total. The van der Waals surface area contributed by atoms with Crippen LogP contribution in [0.5, 0.6) is 0 Å². The van der Waals surface area contributed by atoms with Crippen molar-refractivity contribution in [3.05, 3.63) is 59.1 Å². The van der Waals surface area contributed by atoms with Crippen LogP contribution in [0.15, 0.2) is 48.5 Å². The highest BCUT2D eigenvalue weighted by Gasteiger charge is 2.07. The molecule has 0 aliphatic carbocycles. The second-order valence-corrected chi connectivity index (χ2v) is 3.91. The molecule has 2 heteroatoms. The van der Waals surface area contributed by atoms with Gasteiger partial charge in [-0.1, -0.05) is 54.1 Å². The molecule has 0 radical (unpaired) electrons. The molecule has 0 aliphatic heterocycles. The first-order chi connectivity index (χ1) is 7.83. The van der Waals surface area contributed by atoms with Gasteiger partial charge in [-0.15, -0.1) is 0 Å². The van der Waals surface area contributed by atoms with Gasteiger partial charge in [-0.25, -0.2) is 0 Å². The fourth-order valence-electron chi connectivity index (χ4n) is 1.74. The standard InChI is InChI=1S/C14H11ClO/c15-14-8-4-7-12(13(14)9-10-16)11-5-2-1-3-6-11/h1-8,10H,9H2. The average Bonchev–Trinajstić information content (AvgIpc) is 2.33. The SMILES string of the molecule is O=CCc1c(Cl)cccc1-c1ccccc1. The van der Waals surface area contributed by atoms with Crippen molar-refractivity contribution in [2.24, 2.45) is 0 Å². The molecule has 1 nitrogen and oxygen atoms in total. The first-order valence-electron chi connectivity index (χ1n) is 5.09. The molecule has 0 aliphatic rings. The van der Waals surface area contributed by atoms with Crippen molar-refractivity contribution in [2.45, 2.75) is 6.42 Å². The van der Waals surface area contributed by atoms with Crippen LogP contribution in [0, 0.1) is 0 Å². The van der Waals surface area contributed by atoms with Gasteiger partial charge >= 0.3 is 0 Å². The molecule has 80 valence electrons. The van der Waals surface area contributed by atoms with E-state index in [4.69, 9.17) is 11.6 Å². The number of carbonyl (C=O) groups excluding carboxylic acids is 1. The lowest BCUT2D eigenvalue weighted by Crippen LogP contribution is -1.92. The Morgan fingerprint density at radius 3 is 2.44 bits per heavy atom. The third-order valence-electron chi connectivity index (χ3n) is 2.49. The summed E-state index contributed by atoms with van der Waals surface area (Å²) in [5, 5.41) is 0.647. The lowest BCUT2D eigenvalue weighted by molar-refractivity contribution is -0.107. The Hall–Kier alpha value is -1.60. The van der Waals surface area contributed by atoms with Gasteiger partial charge < -0.3 is 4.79 Å². The highest BCUT2D eigenvalue weighted by molar-refractivity contribution is 6.31. The van der Waals surface area contributed by atoms with Crippen LogP contribution in [0.1, 0.15) is 5.56 Å². The summed E-state index contributed by atoms with van der Waals surface area (Å²) in [6.45, 7) is 0. The Kier molecular flexibility index (Phi) is 3.37. The van der Waals surface area contributed by atoms with E-state index in [1.807, 2.05) is 48.5 Å². The van der Waals surface area contributed by atoms with Gasteiger partial charge in [0.1, 0.15) is 6.29 Å². The maximum absolute atomic E-state index is 10.7. The van der Waals surface area contributed by atoms with Crippen molar-refractivity contribution >= 4 is 17.9 Å². The highest BCUT2D eigenvalue weighted by atomic mass is 35.5. The molecule has 0 saturated carbocycles. The van der Waals surface area contributed by atoms with Gasteiger partial charge in [0.15, 0.2) is 0 Å². The quantitative estimate of drug-likeness (QED) is 0.734. The Labute approximate surface area is 99.7 Å². The van der Waals surface area contributed by atoms with Gasteiger partial charge in [-0.05, 0) is 22.8 Å². The summed E-state index contributed by atoms with van der Waals surface area (Å²) in [6.07, 6.45) is 1.23. The monoisotopic (exact) mass is 230 g/mol. The van der Waals surface area contributed by atoms with E-state index >= 15 is 0 Å². The minimum absolute atomic E-state index is 0.351. The first kappa shape index (κ1) is 10.9. The van der Waals surface area contributed by atoms with E-state index in [0.717, 1.165) is 23.0 Å². The van der Waals surface area contributed by atoms with Crippen molar-refractivity contribution in [3.63, 3.8) is 0 Å². The number of halogens is 1. The third-order valence-corrected chi connectivity index (χ3v) is 2.85. The van der Waals surface area contributed by atoms with Gasteiger partial charge in [0.05, 0.1) is 0 Å². The van der Waals surface area contributed by atoms with Crippen LogP contribution in [0.25, 0.3) is 11.1 Å². The molecule has 0 saturated heterocycles. The van der Waals surface area contributed by atoms with Gasteiger partial charge in [-0.2, -0.15) is 0 Å². The third kappa shape index (κ3) is 2.15. The van der Waals surface area contributed by atoms with Gasteiger partial charge in [0.2, 0.25) is 0 Å². The zero-order valence-corrected chi connectivity index (χ0v) is 9.45. The summed E-state index contributed by atoms with van der Waals surface area (Å²) in [7, 11) is 0. The summed E-state index contributed by atoms with van der Waals surface area (Å²) >= 11 is 6.10. The van der Waals surface area contributed by atoms with Crippen LogP contribution >= 0.6 is 11.6 Å². The number of benzene rings is 2. The summed E-state index contributed by atoms with van der Waals surface area (Å²) in [5.41, 5.74) is 3.01. The predicted octanol–water partition coefficient (Wildman–Crippen LogP) is 3.75. The molecule has 0 fully saturated rings. The van der Waals surface area contributed by atoms with Crippen LogP contribution in [0.2, 0.25) is 5.02 Å². The number of hydrogen-bond acceptors (Lipinski definition) is 1. The fraction of sp³-hybridized carbons (Fsp3) is 0.0714. The molecule has 16 heavy (non-hydrogen) atoms. The maximum atomic E-state index is 10.7. The van der Waals surface area contributed by atoms with Crippen molar-refractivity contribution in [3.8, 4) is 11.1 Å². The van der Waals surface area contributed by atoms with Crippen molar-refractivity contribution in [1.82, 2.24) is 0 Å². The van der Waals surface area contributed by atoms with E-state index in [0.29, 0.717) is 11.4 Å². The van der Waals surface area contributed by atoms with Crippen LogP contribution in [-0.2, 0) is 11.2 Å². The zero-order chi connectivity index (χ0) is 11.4. The maximum Gasteiger partial charge on any atom is 0.124 e. The Balaban J connectivity index is 2.56. The van der Waals surface area contributed by atoms with Crippen LogP contribution in [0.4, 0.5) is 0 Å². The average molecular weight is 231 g/mol. The topological polar surface area (TPSA) is 17.1 Å². The molecule has 0 spiro atoms. The van der Waals surface area contributed by atoms with E-state index in [1.54, 1.807) is 0 Å². The largest absolute Gasteiger partial charge is 0.303 e. The first-order valence-corrected chi connectivity index (χ1v) is 5.47. The zero-order valence-electron chi connectivity index (χ0n) is 8.69. The van der Waals surface area contributed by atoms with Crippen LogP contribution < -0.4 is 0 Å². The van der Waals surface area contributed by atoms with Gasteiger partial charge in [-0.3, -0.25) is 0 Å². The second-order valence-electron chi connectivity index (χ2n) is 3.50. The Morgan fingerprint density at radius 1 is 1.00 bits per heavy atom. The molecule has 2 aromatic carbocycles. The number of aldehydes is 1. The summed E-state index contributed by atoms with van der Waals surface area (Å²) < 4.78 is 0. The van der Waals surface area contributed by atoms with E-state index in [9.17, 15) is 4.79 Å². The molecule has 0 bridgehead atoms. The molecule has 0 amide bonds. The van der Waals surface area contributed by atoms with E-state index in [1.165, 1.54) is 0 Å². The summed E-state index contributed by atoms with van der Waals surface area (Å²) in [4.78, 5) is 10.7. The normalized spacial score (nSPS) is 10.1. The van der Waals surface area contributed by atoms with Gasteiger partial charge in [0.25, 0.3) is 0 Å². The molecular weight excluding hydrogens is 220 g/mol. The van der Waals surface area contributed by atoms with Crippen molar-refractivity contribution in [1.29, 1.82) is 0 Å². The number of carbonyl (C=O) groups is 1. The Bertz CT molecular complexity index is 491. The van der Waals surface area contributed by atoms with E-state index < -0.39 is 0 Å². The van der Waals surface area contributed by atoms with E-state index in [2.05, 4.69) is 0 Å². The molecule has 0 unspecified atom stereocenters. The minimum Gasteiger partial charge on any atom is -0.303 e. The van der Waals surface area contributed by atoms with Crippen molar-refractivity contribution < 1.29 is 4.79 Å². The molecule has 2 rings (SSSR count). The molecule has 2 aromatic rings. The fourth-order valence-corrected chi connectivity index (χ4v) is 1.99. The second kappa shape index (κ2) is 4.95. The van der Waals surface area contributed by atoms with E-state index in [-0.39, 0.29) is 0 Å². The summed E-state index contributed by atoms with van der Waals surface area (Å²) in [5.74, 6) is 0. The lowest BCUT2D eigenvalue weighted by atomic mass is 9.98. The lowest BCUT2D eigenvalue weighted by Gasteiger charge is -2.09. The van der Waals surface area contributed by atoms with Crippen molar-refractivity contribution in [2.75, 3.05) is 0 Å². The predicted molar refractivity (Wildman–Crippen MR) is 66.7 cm³/mol. The summed E-state index contributed by atoms with van der Waals surface area (Å²) in [6, 6.07) is 15.6. The smallest absolute Gasteiger partial charge is 0.124 e. The van der Waals surface area contributed by atoms with Crippen LogP contribution in [0.3, 0.4) is 0 Å². The molecule has 0 atom stereocenters. The molecular formula is C14H11ClO. The molecule has 0 aromatic heterocycles. The minimum atomic E-state index is 0.351. The molecule has 0 heterocycles. The van der Waals surface area contributed by atoms with Crippen LogP contribution in [-0.4, -0.2) is 6.29 Å². The Morgan fingerprint density at radius 2 is 1.75 bits per heavy atom.